The van der Waals surface area contributed by atoms with E-state index in [1.807, 2.05) is 39.0 Å². The Hall–Kier alpha value is -3.14. The maximum Gasteiger partial charge on any atom is 0.412 e. The van der Waals surface area contributed by atoms with Gasteiger partial charge in [-0.2, -0.15) is 5.26 Å². The van der Waals surface area contributed by atoms with E-state index in [0.717, 1.165) is 30.4 Å². The number of aromatic nitrogens is 2. The topological polar surface area (TPSA) is 99.9 Å². The minimum absolute atomic E-state index is 0.0492. The molecule has 0 saturated carbocycles. The van der Waals surface area contributed by atoms with E-state index in [9.17, 15) is 10.1 Å². The molecule has 1 aromatic heterocycles. The van der Waals surface area contributed by atoms with Gasteiger partial charge >= 0.3 is 6.09 Å². The highest BCUT2D eigenvalue weighted by atomic mass is 16.6. The van der Waals surface area contributed by atoms with Crippen LogP contribution in [0.4, 0.5) is 16.3 Å². The highest BCUT2D eigenvalue weighted by Gasteiger charge is 2.23. The van der Waals surface area contributed by atoms with Gasteiger partial charge in [0, 0.05) is 18.1 Å². The number of nitrogens with one attached hydrogen (secondary N) is 2. The largest absolute Gasteiger partial charge is 0.444 e. The highest BCUT2D eigenvalue weighted by Crippen LogP contribution is 2.34. The molecule has 1 heterocycles. The molecule has 1 aromatic carbocycles. The molecule has 7 heteroatoms. The number of amides is 1. The molecule has 140 valence electrons. The van der Waals surface area contributed by atoms with E-state index >= 15 is 0 Å². The van der Waals surface area contributed by atoms with Crippen molar-refractivity contribution >= 4 is 17.6 Å². The van der Waals surface area contributed by atoms with Crippen molar-refractivity contribution in [2.75, 3.05) is 10.6 Å². The third-order valence-electron chi connectivity index (χ3n) is 4.22. The summed E-state index contributed by atoms with van der Waals surface area (Å²) in [5.41, 5.74) is 2.76. The number of nitriles is 1. The lowest BCUT2D eigenvalue weighted by Gasteiger charge is -2.27. The molecule has 0 aliphatic heterocycles. The van der Waals surface area contributed by atoms with Crippen LogP contribution in [0.3, 0.4) is 0 Å². The molecule has 1 atom stereocenters. The smallest absolute Gasteiger partial charge is 0.412 e. The zero-order valence-corrected chi connectivity index (χ0v) is 15.7. The fourth-order valence-electron chi connectivity index (χ4n) is 3.15. The average Bonchev–Trinajstić information content (AvgIpc) is 2.60. The van der Waals surface area contributed by atoms with Crippen LogP contribution in [-0.2, 0) is 11.2 Å². The van der Waals surface area contributed by atoms with E-state index in [2.05, 4.69) is 26.7 Å². The standard InChI is InChI=1S/C20H23N5O2/c1-20(2,3)27-19(26)24-14-7-8-15-13(11-14)5-4-6-16(15)25-18-17(12-21)22-9-10-23-18/h7-11,16H,4-6H2,1-3H3,(H,23,25)(H,24,26). The maximum absolute atomic E-state index is 12.0. The predicted molar refractivity (Wildman–Crippen MR) is 102 cm³/mol. The fraction of sp³-hybridized carbons (Fsp3) is 0.400. The first kappa shape index (κ1) is 18.6. The number of ether oxygens (including phenoxy) is 1. The van der Waals surface area contributed by atoms with Crippen molar-refractivity contribution in [2.24, 2.45) is 0 Å². The highest BCUT2D eigenvalue weighted by molar-refractivity contribution is 5.85. The number of carbonyl (C=O) groups is 1. The fourth-order valence-corrected chi connectivity index (χ4v) is 3.15. The summed E-state index contributed by atoms with van der Waals surface area (Å²) in [6.45, 7) is 5.49. The van der Waals surface area contributed by atoms with E-state index in [0.29, 0.717) is 11.5 Å². The Balaban J connectivity index is 1.77. The minimum atomic E-state index is -0.539. The molecule has 0 bridgehead atoms. The molecule has 3 rings (SSSR count). The lowest BCUT2D eigenvalue weighted by atomic mass is 9.87. The van der Waals surface area contributed by atoms with Gasteiger partial charge in [-0.05, 0) is 63.3 Å². The Bertz CT molecular complexity index is 883. The third kappa shape index (κ3) is 4.73. The van der Waals surface area contributed by atoms with Gasteiger partial charge in [0.15, 0.2) is 11.5 Å². The van der Waals surface area contributed by atoms with Gasteiger partial charge in [-0.15, -0.1) is 0 Å². The zero-order chi connectivity index (χ0) is 19.4. The van der Waals surface area contributed by atoms with Crippen molar-refractivity contribution in [3.8, 4) is 6.07 Å². The lowest BCUT2D eigenvalue weighted by molar-refractivity contribution is 0.0636. The molecule has 1 aliphatic rings. The summed E-state index contributed by atoms with van der Waals surface area (Å²) >= 11 is 0. The van der Waals surface area contributed by atoms with Crippen LogP contribution in [0.2, 0.25) is 0 Å². The van der Waals surface area contributed by atoms with Crippen LogP contribution in [0.25, 0.3) is 0 Å². The summed E-state index contributed by atoms with van der Waals surface area (Å²) in [6, 6.07) is 7.96. The number of rotatable bonds is 3. The van der Waals surface area contributed by atoms with Crippen LogP contribution in [-0.4, -0.2) is 21.7 Å². The second kappa shape index (κ2) is 7.62. The van der Waals surface area contributed by atoms with Gasteiger partial charge in [0.25, 0.3) is 0 Å². The first-order valence-corrected chi connectivity index (χ1v) is 8.96. The van der Waals surface area contributed by atoms with Gasteiger partial charge in [-0.25, -0.2) is 14.8 Å². The summed E-state index contributed by atoms with van der Waals surface area (Å²) in [4.78, 5) is 20.3. The molecule has 2 N–H and O–H groups in total. The average molecular weight is 365 g/mol. The summed E-state index contributed by atoms with van der Waals surface area (Å²) in [6.07, 6.45) is 5.48. The SMILES string of the molecule is CC(C)(C)OC(=O)Nc1ccc2c(c1)CCCC2Nc1nccnc1C#N. The zero-order valence-electron chi connectivity index (χ0n) is 15.7. The van der Waals surface area contributed by atoms with E-state index in [1.165, 1.54) is 6.20 Å². The van der Waals surface area contributed by atoms with Crippen molar-refractivity contribution in [2.45, 2.75) is 51.7 Å². The summed E-state index contributed by atoms with van der Waals surface area (Å²) < 4.78 is 5.30. The third-order valence-corrected chi connectivity index (χ3v) is 4.22. The number of nitrogens with zero attached hydrogens (tertiary/aromatic N) is 3. The van der Waals surface area contributed by atoms with Gasteiger partial charge in [0.05, 0.1) is 6.04 Å². The molecule has 1 aliphatic carbocycles. The van der Waals surface area contributed by atoms with Crippen LogP contribution in [0.1, 0.15) is 56.5 Å². The molecule has 0 fully saturated rings. The quantitative estimate of drug-likeness (QED) is 0.846. The predicted octanol–water partition coefficient (Wildman–Crippen LogP) is 4.18. The Kier molecular flexibility index (Phi) is 5.26. The van der Waals surface area contributed by atoms with E-state index in [1.54, 1.807) is 6.20 Å². The van der Waals surface area contributed by atoms with Gasteiger partial charge < -0.3 is 10.1 Å². The van der Waals surface area contributed by atoms with Crippen LogP contribution >= 0.6 is 0 Å². The van der Waals surface area contributed by atoms with E-state index < -0.39 is 11.7 Å². The molecule has 0 radical (unpaired) electrons. The van der Waals surface area contributed by atoms with Crippen molar-refractivity contribution < 1.29 is 9.53 Å². The number of fused-ring (bicyclic) bond motifs is 1. The maximum atomic E-state index is 12.0. The monoisotopic (exact) mass is 365 g/mol. The summed E-state index contributed by atoms with van der Waals surface area (Å²) in [5.74, 6) is 0.494. The Labute approximate surface area is 158 Å². The number of carbonyl (C=O) groups excluding carboxylic acids is 1. The number of aryl methyl sites for hydroxylation is 1. The second-order valence-electron chi connectivity index (χ2n) is 7.49. The Morgan fingerprint density at radius 3 is 2.81 bits per heavy atom. The van der Waals surface area contributed by atoms with E-state index in [-0.39, 0.29) is 11.7 Å². The first-order chi connectivity index (χ1) is 12.9. The number of benzene rings is 1. The lowest BCUT2D eigenvalue weighted by Crippen LogP contribution is -2.27. The first-order valence-electron chi connectivity index (χ1n) is 8.96. The molecule has 27 heavy (non-hydrogen) atoms. The molecule has 1 unspecified atom stereocenters. The summed E-state index contributed by atoms with van der Waals surface area (Å²) in [5, 5.41) is 15.3. The number of hydrogen-bond donors (Lipinski definition) is 2. The second-order valence-corrected chi connectivity index (χ2v) is 7.49. The van der Waals surface area contributed by atoms with Gasteiger partial charge in [0.2, 0.25) is 0 Å². The molecular formula is C20H23N5O2. The van der Waals surface area contributed by atoms with Crippen LogP contribution in [0, 0.1) is 11.3 Å². The van der Waals surface area contributed by atoms with Gasteiger partial charge in [-0.3, -0.25) is 5.32 Å². The number of anilines is 2. The molecule has 0 saturated heterocycles. The van der Waals surface area contributed by atoms with E-state index in [4.69, 9.17) is 4.74 Å². The van der Waals surface area contributed by atoms with Crippen molar-refractivity contribution in [1.29, 1.82) is 5.26 Å². The summed E-state index contributed by atoms with van der Waals surface area (Å²) in [7, 11) is 0. The van der Waals surface area contributed by atoms with Crippen molar-refractivity contribution in [3.63, 3.8) is 0 Å². The molecule has 2 aromatic rings. The van der Waals surface area contributed by atoms with Crippen LogP contribution in [0.5, 0.6) is 0 Å². The van der Waals surface area contributed by atoms with Gasteiger partial charge in [0.1, 0.15) is 11.7 Å². The molecule has 0 spiro atoms. The molecular weight excluding hydrogens is 342 g/mol. The van der Waals surface area contributed by atoms with Crippen LogP contribution in [0.15, 0.2) is 30.6 Å². The Morgan fingerprint density at radius 2 is 2.07 bits per heavy atom. The number of hydrogen-bond acceptors (Lipinski definition) is 6. The van der Waals surface area contributed by atoms with Crippen LogP contribution < -0.4 is 10.6 Å². The minimum Gasteiger partial charge on any atom is -0.444 e. The van der Waals surface area contributed by atoms with Crippen molar-refractivity contribution in [3.05, 3.63) is 47.4 Å². The normalized spacial score (nSPS) is 16.0. The molecule has 1 amide bonds. The van der Waals surface area contributed by atoms with Crippen molar-refractivity contribution in [1.82, 2.24) is 9.97 Å². The Morgan fingerprint density at radius 1 is 1.30 bits per heavy atom. The van der Waals surface area contributed by atoms with Gasteiger partial charge in [-0.1, -0.05) is 6.07 Å². The molecule has 7 nitrogen and oxygen atoms in total.